The van der Waals surface area contributed by atoms with E-state index < -0.39 is 6.29 Å². The summed E-state index contributed by atoms with van der Waals surface area (Å²) < 4.78 is 24.2. The molecule has 1 aromatic heterocycles. The van der Waals surface area contributed by atoms with Crippen molar-refractivity contribution < 1.29 is 13.9 Å². The molecule has 1 aliphatic heterocycles. The lowest BCUT2D eigenvalue weighted by atomic mass is 10.1. The fourth-order valence-electron chi connectivity index (χ4n) is 2.44. The highest BCUT2D eigenvalue weighted by atomic mass is 19.1. The molecule has 1 aromatic carbocycles. The Morgan fingerprint density at radius 2 is 1.92 bits per heavy atom. The van der Waals surface area contributed by atoms with E-state index in [1.165, 1.54) is 12.1 Å². The average molecular weight is 337 g/mol. The van der Waals surface area contributed by atoms with Crippen LogP contribution in [0.25, 0.3) is 11.3 Å². The van der Waals surface area contributed by atoms with Crippen LogP contribution in [0.2, 0.25) is 0 Å². The van der Waals surface area contributed by atoms with Crippen LogP contribution in [0, 0.1) is 23.6 Å². The van der Waals surface area contributed by atoms with E-state index in [0.29, 0.717) is 19.1 Å². The van der Waals surface area contributed by atoms with E-state index in [0.717, 1.165) is 23.2 Å². The van der Waals surface area contributed by atoms with E-state index in [1.807, 2.05) is 12.1 Å². The molecule has 1 saturated heterocycles. The first-order chi connectivity index (χ1) is 12.2. The molecule has 25 heavy (non-hydrogen) atoms. The van der Waals surface area contributed by atoms with Crippen molar-refractivity contribution in [2.45, 2.75) is 19.6 Å². The van der Waals surface area contributed by atoms with E-state index in [2.05, 4.69) is 35.9 Å². The SMILES string of the molecule is CC/C=C/C1COC(C#Cc2ccc(-c3ccc(F)cc3)nc2)OC1. The minimum absolute atomic E-state index is 0.258. The molecule has 0 radical (unpaired) electrons. The molecule has 2 heterocycles. The summed E-state index contributed by atoms with van der Waals surface area (Å²) in [5.41, 5.74) is 2.43. The monoisotopic (exact) mass is 337 g/mol. The van der Waals surface area contributed by atoms with Gasteiger partial charge in [-0.2, -0.15) is 0 Å². The number of allylic oxidation sites excluding steroid dienone is 1. The van der Waals surface area contributed by atoms with Crippen molar-refractivity contribution in [2.24, 2.45) is 5.92 Å². The maximum Gasteiger partial charge on any atom is 0.222 e. The zero-order valence-electron chi connectivity index (χ0n) is 14.1. The molecule has 0 spiro atoms. The molecule has 128 valence electrons. The highest BCUT2D eigenvalue weighted by Gasteiger charge is 2.18. The molecule has 2 aromatic rings. The first kappa shape index (κ1) is 17.3. The van der Waals surface area contributed by atoms with Crippen LogP contribution in [0.4, 0.5) is 4.39 Å². The Bertz CT molecular complexity index is 764. The van der Waals surface area contributed by atoms with Crippen molar-refractivity contribution in [3.63, 3.8) is 0 Å². The quantitative estimate of drug-likeness (QED) is 0.621. The van der Waals surface area contributed by atoms with Gasteiger partial charge in [0.1, 0.15) is 5.82 Å². The largest absolute Gasteiger partial charge is 0.341 e. The molecule has 0 amide bonds. The van der Waals surface area contributed by atoms with Gasteiger partial charge in [0.15, 0.2) is 0 Å². The summed E-state index contributed by atoms with van der Waals surface area (Å²) in [5.74, 6) is 6.04. The molecule has 3 rings (SSSR count). The van der Waals surface area contributed by atoms with Gasteiger partial charge in [-0.1, -0.05) is 25.0 Å². The number of pyridine rings is 1. The molecule has 0 aliphatic carbocycles. The molecule has 1 aliphatic rings. The first-order valence-corrected chi connectivity index (χ1v) is 8.38. The van der Waals surface area contributed by atoms with E-state index in [-0.39, 0.29) is 5.82 Å². The van der Waals surface area contributed by atoms with Gasteiger partial charge >= 0.3 is 0 Å². The molecule has 3 nitrogen and oxygen atoms in total. The van der Waals surface area contributed by atoms with Crippen molar-refractivity contribution in [2.75, 3.05) is 13.2 Å². The summed E-state index contributed by atoms with van der Waals surface area (Å²) in [5, 5.41) is 0. The predicted molar refractivity (Wildman–Crippen MR) is 95.1 cm³/mol. The molecular weight excluding hydrogens is 317 g/mol. The molecule has 0 N–H and O–H groups in total. The van der Waals surface area contributed by atoms with Crippen molar-refractivity contribution in [1.29, 1.82) is 0 Å². The van der Waals surface area contributed by atoms with E-state index in [1.54, 1.807) is 18.3 Å². The number of hydrogen-bond donors (Lipinski definition) is 0. The number of nitrogens with zero attached hydrogens (tertiary/aromatic N) is 1. The standard InChI is InChI=1S/C21H20FNO2/c1-2-3-4-17-14-24-21(25-15-17)12-6-16-5-11-20(23-13-16)18-7-9-19(22)10-8-18/h3-5,7-11,13,17,21H,2,14-15H2,1H3/b4-3+. The van der Waals surface area contributed by atoms with Gasteiger partial charge < -0.3 is 9.47 Å². The van der Waals surface area contributed by atoms with Crippen LogP contribution < -0.4 is 0 Å². The molecule has 1 fully saturated rings. The summed E-state index contributed by atoms with van der Waals surface area (Å²) in [6.07, 6.45) is 6.46. The van der Waals surface area contributed by atoms with E-state index in [9.17, 15) is 4.39 Å². The summed E-state index contributed by atoms with van der Waals surface area (Å²) in [6, 6.07) is 10.0. The van der Waals surface area contributed by atoms with Gasteiger partial charge in [0, 0.05) is 23.2 Å². The molecule has 0 saturated carbocycles. The minimum Gasteiger partial charge on any atom is -0.341 e. The van der Waals surface area contributed by atoms with Gasteiger partial charge in [-0.15, -0.1) is 0 Å². The van der Waals surface area contributed by atoms with Gasteiger partial charge in [-0.3, -0.25) is 4.98 Å². The van der Waals surface area contributed by atoms with Gasteiger partial charge in [-0.25, -0.2) is 4.39 Å². The van der Waals surface area contributed by atoms with E-state index >= 15 is 0 Å². The van der Waals surface area contributed by atoms with Gasteiger partial charge in [0.05, 0.1) is 18.9 Å². The number of benzene rings is 1. The third kappa shape index (κ3) is 4.99. The van der Waals surface area contributed by atoms with Crippen molar-refractivity contribution in [3.8, 4) is 23.1 Å². The first-order valence-electron chi connectivity index (χ1n) is 8.38. The maximum absolute atomic E-state index is 13.0. The van der Waals surface area contributed by atoms with Crippen LogP contribution in [0.15, 0.2) is 54.7 Å². The highest BCUT2D eigenvalue weighted by Crippen LogP contribution is 2.17. The Hall–Kier alpha value is -2.48. The summed E-state index contributed by atoms with van der Waals surface area (Å²) in [4.78, 5) is 4.37. The lowest BCUT2D eigenvalue weighted by Gasteiger charge is -2.24. The number of hydrogen-bond acceptors (Lipinski definition) is 3. The summed E-state index contributed by atoms with van der Waals surface area (Å²) in [7, 11) is 0. The smallest absolute Gasteiger partial charge is 0.222 e. The fourth-order valence-corrected chi connectivity index (χ4v) is 2.44. The Morgan fingerprint density at radius 1 is 1.16 bits per heavy atom. The number of aromatic nitrogens is 1. The second-order valence-corrected chi connectivity index (χ2v) is 5.80. The van der Waals surface area contributed by atoms with Crippen LogP contribution >= 0.6 is 0 Å². The number of halogens is 1. The lowest BCUT2D eigenvalue weighted by Crippen LogP contribution is -2.30. The zero-order chi connectivity index (χ0) is 17.5. The Balaban J connectivity index is 1.58. The molecule has 4 heteroatoms. The Kier molecular flexibility index (Phi) is 5.95. The fraction of sp³-hybridized carbons (Fsp3) is 0.286. The summed E-state index contributed by atoms with van der Waals surface area (Å²) in [6.45, 7) is 3.35. The molecule has 0 bridgehead atoms. The van der Waals surface area contributed by atoms with Crippen molar-refractivity contribution in [3.05, 3.63) is 66.1 Å². The average Bonchev–Trinajstić information content (AvgIpc) is 2.67. The normalized spacial score (nSPS) is 20.2. The van der Waals surface area contributed by atoms with Crippen molar-refractivity contribution >= 4 is 0 Å². The maximum atomic E-state index is 13.0. The minimum atomic E-state index is -0.497. The summed E-state index contributed by atoms with van der Waals surface area (Å²) >= 11 is 0. The Morgan fingerprint density at radius 3 is 2.56 bits per heavy atom. The van der Waals surface area contributed by atoms with Crippen LogP contribution in [-0.2, 0) is 9.47 Å². The Labute approximate surface area is 147 Å². The predicted octanol–water partition coefficient (Wildman–Crippen LogP) is 4.19. The number of rotatable bonds is 3. The van der Waals surface area contributed by atoms with Crippen LogP contribution in [-0.4, -0.2) is 24.5 Å². The zero-order valence-corrected chi connectivity index (χ0v) is 14.1. The van der Waals surface area contributed by atoms with Gasteiger partial charge in [-0.05, 0) is 48.7 Å². The second kappa shape index (κ2) is 8.57. The third-order valence-corrected chi connectivity index (χ3v) is 3.81. The lowest BCUT2D eigenvalue weighted by molar-refractivity contribution is -0.160. The van der Waals surface area contributed by atoms with Crippen LogP contribution in [0.1, 0.15) is 18.9 Å². The molecule has 0 atom stereocenters. The van der Waals surface area contributed by atoms with Crippen molar-refractivity contribution in [1.82, 2.24) is 4.98 Å². The van der Waals surface area contributed by atoms with Crippen LogP contribution in [0.3, 0.4) is 0 Å². The van der Waals surface area contributed by atoms with Gasteiger partial charge in [0.2, 0.25) is 6.29 Å². The second-order valence-electron chi connectivity index (χ2n) is 5.80. The molecule has 0 unspecified atom stereocenters. The van der Waals surface area contributed by atoms with E-state index in [4.69, 9.17) is 9.47 Å². The van der Waals surface area contributed by atoms with Gasteiger partial charge in [0.25, 0.3) is 0 Å². The van der Waals surface area contributed by atoms with Crippen LogP contribution in [0.5, 0.6) is 0 Å². The topological polar surface area (TPSA) is 31.4 Å². The third-order valence-electron chi connectivity index (χ3n) is 3.81. The molecular formula is C21H20FNO2. The highest BCUT2D eigenvalue weighted by molar-refractivity contribution is 5.59. The number of ether oxygens (including phenoxy) is 2.